The van der Waals surface area contributed by atoms with Gasteiger partial charge >= 0.3 is 5.97 Å². The summed E-state index contributed by atoms with van der Waals surface area (Å²) in [5.41, 5.74) is 2.70. The molecule has 1 heterocycles. The fourth-order valence-corrected chi connectivity index (χ4v) is 2.27. The van der Waals surface area contributed by atoms with Crippen molar-refractivity contribution in [1.82, 2.24) is 5.32 Å². The first kappa shape index (κ1) is 19.2. The highest BCUT2D eigenvalue weighted by molar-refractivity contribution is 5.95. The van der Waals surface area contributed by atoms with E-state index in [9.17, 15) is 14.4 Å². The van der Waals surface area contributed by atoms with Gasteiger partial charge in [-0.15, -0.1) is 0 Å². The Bertz CT molecular complexity index is 783. The summed E-state index contributed by atoms with van der Waals surface area (Å²) in [4.78, 5) is 35.6. The fraction of sp³-hybridized carbons (Fsp3) is 0.316. The molecule has 2 aromatic rings. The normalized spacial score (nSPS) is 11.5. The van der Waals surface area contributed by atoms with Gasteiger partial charge in [-0.2, -0.15) is 0 Å². The summed E-state index contributed by atoms with van der Waals surface area (Å²) in [7, 11) is 0. The van der Waals surface area contributed by atoms with E-state index in [4.69, 9.17) is 9.15 Å². The number of anilines is 1. The summed E-state index contributed by atoms with van der Waals surface area (Å²) in [5, 5.41) is 5.27. The lowest BCUT2D eigenvalue weighted by Gasteiger charge is -2.15. The van der Waals surface area contributed by atoms with Gasteiger partial charge in [0.05, 0.1) is 12.7 Å². The first-order chi connectivity index (χ1) is 12.4. The molecular formula is C19H22N2O5. The number of furan rings is 1. The Balaban J connectivity index is 1.75. The lowest BCUT2D eigenvalue weighted by atomic mass is 10.1. The molecule has 0 radical (unpaired) electrons. The number of hydrogen-bond donors (Lipinski definition) is 2. The number of benzene rings is 1. The molecule has 138 valence electrons. The van der Waals surface area contributed by atoms with E-state index in [1.165, 1.54) is 19.3 Å². The number of aryl methyl sites for hydroxylation is 2. The van der Waals surface area contributed by atoms with Crippen molar-refractivity contribution in [2.24, 2.45) is 0 Å². The van der Waals surface area contributed by atoms with Crippen LogP contribution in [0.1, 0.15) is 35.0 Å². The van der Waals surface area contributed by atoms with Crippen LogP contribution in [0.15, 0.2) is 41.0 Å². The fourth-order valence-electron chi connectivity index (χ4n) is 2.27. The van der Waals surface area contributed by atoms with Gasteiger partial charge in [-0.25, -0.2) is 0 Å². The lowest BCUT2D eigenvalue weighted by molar-refractivity contribution is -0.153. The van der Waals surface area contributed by atoms with E-state index >= 15 is 0 Å². The third-order valence-electron chi connectivity index (χ3n) is 3.68. The van der Waals surface area contributed by atoms with Crippen LogP contribution >= 0.6 is 0 Å². The highest BCUT2D eigenvalue weighted by Gasteiger charge is 2.18. The molecule has 2 N–H and O–H groups in total. The molecule has 0 fully saturated rings. The van der Waals surface area contributed by atoms with Crippen molar-refractivity contribution in [3.8, 4) is 0 Å². The van der Waals surface area contributed by atoms with E-state index < -0.39 is 23.9 Å². The predicted molar refractivity (Wildman–Crippen MR) is 95.8 cm³/mol. The van der Waals surface area contributed by atoms with Crippen LogP contribution in [0.5, 0.6) is 0 Å². The zero-order chi connectivity index (χ0) is 19.1. The number of esters is 1. The lowest BCUT2D eigenvalue weighted by Crippen LogP contribution is -2.32. The molecule has 0 saturated carbocycles. The molecule has 0 aliphatic heterocycles. The molecule has 0 spiro atoms. The number of carbonyl (C=O) groups excluding carboxylic acids is 3. The van der Waals surface area contributed by atoms with Gasteiger partial charge in [0.1, 0.15) is 0 Å². The average molecular weight is 358 g/mol. The van der Waals surface area contributed by atoms with E-state index in [-0.39, 0.29) is 18.7 Å². The largest absolute Gasteiger partial charge is 0.459 e. The molecule has 1 aromatic heterocycles. The number of rotatable bonds is 7. The molecule has 1 aromatic carbocycles. The minimum Gasteiger partial charge on any atom is -0.459 e. The Morgan fingerprint density at radius 1 is 1.19 bits per heavy atom. The van der Waals surface area contributed by atoms with Crippen LogP contribution in [0.25, 0.3) is 0 Å². The first-order valence-corrected chi connectivity index (χ1v) is 8.26. The van der Waals surface area contributed by atoms with E-state index in [0.717, 1.165) is 11.1 Å². The third kappa shape index (κ3) is 5.47. The number of nitrogens with one attached hydrogen (secondary N) is 2. The van der Waals surface area contributed by atoms with Gasteiger partial charge in [0.25, 0.3) is 11.8 Å². The number of hydrogen-bond acceptors (Lipinski definition) is 5. The van der Waals surface area contributed by atoms with Crippen LogP contribution in [-0.4, -0.2) is 30.4 Å². The predicted octanol–water partition coefficient (Wildman–Crippen LogP) is 2.59. The number of amides is 2. The maximum atomic E-state index is 12.2. The maximum absolute atomic E-state index is 12.2. The van der Waals surface area contributed by atoms with Gasteiger partial charge in [-0.3, -0.25) is 14.4 Å². The van der Waals surface area contributed by atoms with Gasteiger partial charge < -0.3 is 19.8 Å². The second kappa shape index (κ2) is 8.84. The van der Waals surface area contributed by atoms with E-state index in [1.54, 1.807) is 12.1 Å². The zero-order valence-electron chi connectivity index (χ0n) is 15.0. The van der Waals surface area contributed by atoms with Crippen LogP contribution < -0.4 is 10.6 Å². The molecule has 1 unspecified atom stereocenters. The van der Waals surface area contributed by atoms with Crippen molar-refractivity contribution in [2.45, 2.75) is 33.3 Å². The van der Waals surface area contributed by atoms with Gasteiger partial charge in [0.15, 0.2) is 11.9 Å². The smallest absolute Gasteiger partial charge is 0.308 e. The van der Waals surface area contributed by atoms with Crippen molar-refractivity contribution < 1.29 is 23.5 Å². The van der Waals surface area contributed by atoms with Crippen molar-refractivity contribution in [3.63, 3.8) is 0 Å². The summed E-state index contributed by atoms with van der Waals surface area (Å²) in [6.45, 7) is 5.44. The topological polar surface area (TPSA) is 97.6 Å². The zero-order valence-corrected chi connectivity index (χ0v) is 15.0. The summed E-state index contributed by atoms with van der Waals surface area (Å²) in [6, 6.07) is 8.77. The van der Waals surface area contributed by atoms with Crippen LogP contribution in [0.4, 0.5) is 5.69 Å². The standard InChI is InChI=1S/C19H22N2O5/c1-12-6-7-15(13(2)11-12)21-18(23)14(3)26-17(22)8-9-20-19(24)16-5-4-10-25-16/h4-7,10-11,14H,8-9H2,1-3H3,(H,20,24)(H,21,23). The average Bonchev–Trinajstić information content (AvgIpc) is 3.11. The quantitative estimate of drug-likeness (QED) is 0.742. The molecular weight excluding hydrogens is 336 g/mol. The second-order valence-corrected chi connectivity index (χ2v) is 5.92. The Morgan fingerprint density at radius 3 is 2.62 bits per heavy atom. The molecule has 1 atom stereocenters. The van der Waals surface area contributed by atoms with Crippen LogP contribution in [0, 0.1) is 13.8 Å². The van der Waals surface area contributed by atoms with Gasteiger partial charge in [-0.05, 0) is 44.5 Å². The second-order valence-electron chi connectivity index (χ2n) is 5.92. The molecule has 26 heavy (non-hydrogen) atoms. The molecule has 0 aliphatic rings. The monoisotopic (exact) mass is 358 g/mol. The molecule has 7 heteroatoms. The van der Waals surface area contributed by atoms with Gasteiger partial charge in [-0.1, -0.05) is 17.7 Å². The Kier molecular flexibility index (Phi) is 6.54. The van der Waals surface area contributed by atoms with E-state index in [1.807, 2.05) is 26.0 Å². The molecule has 0 saturated heterocycles. The van der Waals surface area contributed by atoms with Crippen molar-refractivity contribution >= 4 is 23.5 Å². The van der Waals surface area contributed by atoms with Gasteiger partial charge in [0, 0.05) is 12.2 Å². The third-order valence-corrected chi connectivity index (χ3v) is 3.68. The van der Waals surface area contributed by atoms with Crippen LogP contribution in [-0.2, 0) is 14.3 Å². The summed E-state index contributed by atoms with van der Waals surface area (Å²) < 4.78 is 10.0. The molecule has 2 amide bonds. The summed E-state index contributed by atoms with van der Waals surface area (Å²) >= 11 is 0. The SMILES string of the molecule is Cc1ccc(NC(=O)C(C)OC(=O)CCNC(=O)c2ccco2)c(C)c1. The number of carbonyl (C=O) groups is 3. The summed E-state index contributed by atoms with van der Waals surface area (Å²) in [6.07, 6.45) is 0.399. The highest BCUT2D eigenvalue weighted by Crippen LogP contribution is 2.16. The van der Waals surface area contributed by atoms with Crippen molar-refractivity contribution in [2.75, 3.05) is 11.9 Å². The first-order valence-electron chi connectivity index (χ1n) is 8.26. The van der Waals surface area contributed by atoms with Crippen LogP contribution in [0.3, 0.4) is 0 Å². The Labute approximate surface area is 151 Å². The van der Waals surface area contributed by atoms with Crippen molar-refractivity contribution in [3.05, 3.63) is 53.5 Å². The molecule has 7 nitrogen and oxygen atoms in total. The molecule has 0 aliphatic carbocycles. The maximum Gasteiger partial charge on any atom is 0.308 e. The minimum atomic E-state index is -0.941. The van der Waals surface area contributed by atoms with E-state index in [2.05, 4.69) is 10.6 Å². The minimum absolute atomic E-state index is 0.0480. The van der Waals surface area contributed by atoms with Crippen LogP contribution in [0.2, 0.25) is 0 Å². The van der Waals surface area contributed by atoms with Crippen molar-refractivity contribution in [1.29, 1.82) is 0 Å². The molecule has 0 bridgehead atoms. The Morgan fingerprint density at radius 2 is 1.96 bits per heavy atom. The Hall–Kier alpha value is -3.09. The van der Waals surface area contributed by atoms with Gasteiger partial charge in [0.2, 0.25) is 0 Å². The number of ether oxygens (including phenoxy) is 1. The van der Waals surface area contributed by atoms with E-state index in [0.29, 0.717) is 5.69 Å². The molecule has 2 rings (SSSR count). The summed E-state index contributed by atoms with van der Waals surface area (Å²) in [5.74, 6) is -1.24. The highest BCUT2D eigenvalue weighted by atomic mass is 16.5.